The first-order chi connectivity index (χ1) is 14.0. The van der Waals surface area contributed by atoms with Gasteiger partial charge in [-0.05, 0) is 36.2 Å². The first-order valence-corrected chi connectivity index (χ1v) is 10.0. The van der Waals surface area contributed by atoms with Gasteiger partial charge in [-0.3, -0.25) is 9.59 Å². The highest BCUT2D eigenvalue weighted by atomic mass is 16.5. The maximum Gasteiger partial charge on any atom is 0.254 e. The molecule has 3 atom stereocenters. The molecular weight excluding hydrogens is 368 g/mol. The summed E-state index contributed by atoms with van der Waals surface area (Å²) in [6, 6.07) is 15.2. The quantitative estimate of drug-likeness (QED) is 0.806. The zero-order chi connectivity index (χ0) is 20.2. The van der Waals surface area contributed by atoms with Gasteiger partial charge in [0.25, 0.3) is 5.91 Å². The number of rotatable bonds is 3. The third kappa shape index (κ3) is 2.66. The van der Waals surface area contributed by atoms with Crippen molar-refractivity contribution < 1.29 is 19.1 Å². The Morgan fingerprint density at radius 1 is 1.21 bits per heavy atom. The van der Waals surface area contributed by atoms with E-state index in [1.807, 2.05) is 53.1 Å². The van der Waals surface area contributed by atoms with Gasteiger partial charge in [0.2, 0.25) is 5.91 Å². The number of amides is 2. The van der Waals surface area contributed by atoms with Gasteiger partial charge in [0.15, 0.2) is 5.72 Å². The average Bonchev–Trinajstić information content (AvgIpc) is 3.36. The fraction of sp³-hybridized carbons (Fsp3) is 0.391. The number of carbonyl (C=O) groups excluding carboxylic acids is 2. The standard InChI is InChI=1S/C23H24N2O4/c1-15-12-17(28-2)8-9-18(15)22(27)24-11-10-23-20(24)13-21(26)25(23)14-19(29-23)16-6-4-3-5-7-16/h3-9,12,19-20H,10-11,13-14H2,1-2H3/t19-,20-,23+/m1/s1. The Labute approximate surface area is 170 Å². The van der Waals surface area contributed by atoms with Crippen molar-refractivity contribution in [2.24, 2.45) is 0 Å². The second-order valence-electron chi connectivity index (χ2n) is 8.02. The van der Waals surface area contributed by atoms with Gasteiger partial charge in [-0.15, -0.1) is 0 Å². The summed E-state index contributed by atoms with van der Waals surface area (Å²) in [4.78, 5) is 29.8. The van der Waals surface area contributed by atoms with E-state index in [0.717, 1.165) is 16.9 Å². The molecule has 0 radical (unpaired) electrons. The molecule has 3 fully saturated rings. The van der Waals surface area contributed by atoms with Crippen molar-refractivity contribution >= 4 is 11.8 Å². The molecule has 3 saturated heterocycles. The third-order valence-corrected chi connectivity index (χ3v) is 6.52. The highest BCUT2D eigenvalue weighted by Gasteiger charge is 2.65. The second-order valence-corrected chi connectivity index (χ2v) is 8.02. The molecule has 0 bridgehead atoms. The van der Waals surface area contributed by atoms with E-state index in [1.165, 1.54) is 0 Å². The van der Waals surface area contributed by atoms with Crippen LogP contribution in [-0.4, -0.2) is 53.6 Å². The van der Waals surface area contributed by atoms with Crippen molar-refractivity contribution in [3.63, 3.8) is 0 Å². The SMILES string of the molecule is COc1ccc(C(=O)N2CC[C@@]34O[C@@H](c5ccccc5)CN3C(=O)C[C@@H]24)c(C)c1. The van der Waals surface area contributed by atoms with Crippen LogP contribution in [0, 0.1) is 6.92 Å². The first-order valence-electron chi connectivity index (χ1n) is 10.0. The molecule has 29 heavy (non-hydrogen) atoms. The zero-order valence-electron chi connectivity index (χ0n) is 16.6. The van der Waals surface area contributed by atoms with E-state index in [0.29, 0.717) is 31.5 Å². The van der Waals surface area contributed by atoms with Gasteiger partial charge in [-0.25, -0.2) is 0 Å². The Hall–Kier alpha value is -2.86. The Kier molecular flexibility index (Phi) is 4.13. The zero-order valence-corrected chi connectivity index (χ0v) is 16.6. The molecule has 0 N–H and O–H groups in total. The van der Waals surface area contributed by atoms with E-state index >= 15 is 0 Å². The Bertz CT molecular complexity index is 976. The van der Waals surface area contributed by atoms with Crippen molar-refractivity contribution in [2.75, 3.05) is 20.2 Å². The summed E-state index contributed by atoms with van der Waals surface area (Å²) in [5.41, 5.74) is 1.88. The molecule has 2 amide bonds. The van der Waals surface area contributed by atoms with E-state index in [4.69, 9.17) is 9.47 Å². The van der Waals surface area contributed by atoms with E-state index < -0.39 is 5.72 Å². The maximum atomic E-state index is 13.4. The van der Waals surface area contributed by atoms with Crippen LogP contribution >= 0.6 is 0 Å². The van der Waals surface area contributed by atoms with Crippen molar-refractivity contribution in [1.82, 2.24) is 9.80 Å². The number of nitrogens with zero attached hydrogens (tertiary/aromatic N) is 2. The number of ether oxygens (including phenoxy) is 2. The molecule has 2 aromatic carbocycles. The third-order valence-electron chi connectivity index (χ3n) is 6.52. The molecule has 0 unspecified atom stereocenters. The summed E-state index contributed by atoms with van der Waals surface area (Å²) in [5.74, 6) is 0.745. The van der Waals surface area contributed by atoms with E-state index in [9.17, 15) is 9.59 Å². The van der Waals surface area contributed by atoms with Crippen LogP contribution in [0.3, 0.4) is 0 Å². The number of aryl methyl sites for hydroxylation is 1. The molecule has 150 valence electrons. The van der Waals surface area contributed by atoms with Crippen molar-refractivity contribution in [1.29, 1.82) is 0 Å². The lowest BCUT2D eigenvalue weighted by atomic mass is 10.0. The Morgan fingerprint density at radius 3 is 2.72 bits per heavy atom. The molecule has 3 heterocycles. The average molecular weight is 392 g/mol. The minimum atomic E-state index is -0.701. The molecule has 1 spiro atoms. The Morgan fingerprint density at radius 2 is 2.00 bits per heavy atom. The molecule has 5 rings (SSSR count). The monoisotopic (exact) mass is 392 g/mol. The van der Waals surface area contributed by atoms with Crippen LogP contribution in [0.1, 0.15) is 40.4 Å². The summed E-state index contributed by atoms with van der Waals surface area (Å²) in [6.45, 7) is 3.04. The smallest absolute Gasteiger partial charge is 0.254 e. The van der Waals surface area contributed by atoms with Crippen LogP contribution in [0.4, 0.5) is 0 Å². The molecule has 0 saturated carbocycles. The highest BCUT2D eigenvalue weighted by Crippen LogP contribution is 2.50. The molecule has 6 nitrogen and oxygen atoms in total. The summed E-state index contributed by atoms with van der Waals surface area (Å²) >= 11 is 0. The van der Waals surface area contributed by atoms with Gasteiger partial charge >= 0.3 is 0 Å². The minimum absolute atomic E-state index is 0.0477. The molecule has 3 aliphatic rings. The van der Waals surface area contributed by atoms with Crippen LogP contribution in [-0.2, 0) is 9.53 Å². The molecule has 3 aliphatic heterocycles. The predicted octanol–water partition coefficient (Wildman–Crippen LogP) is 2.92. The van der Waals surface area contributed by atoms with Crippen molar-refractivity contribution in [3.8, 4) is 5.75 Å². The van der Waals surface area contributed by atoms with Crippen LogP contribution in [0.5, 0.6) is 5.75 Å². The molecule has 2 aromatic rings. The number of benzene rings is 2. The number of hydrogen-bond acceptors (Lipinski definition) is 4. The molecule has 0 aromatic heterocycles. The van der Waals surface area contributed by atoms with Crippen molar-refractivity contribution in [2.45, 2.75) is 37.6 Å². The second kappa shape index (κ2) is 6.59. The molecule has 6 heteroatoms. The number of methoxy groups -OCH3 is 1. The van der Waals surface area contributed by atoms with Gasteiger partial charge in [-0.2, -0.15) is 0 Å². The number of likely N-dealkylation sites (tertiary alicyclic amines) is 1. The number of hydrogen-bond donors (Lipinski definition) is 0. The fourth-order valence-corrected chi connectivity index (χ4v) is 5.07. The van der Waals surface area contributed by atoms with Crippen LogP contribution < -0.4 is 4.74 Å². The lowest BCUT2D eigenvalue weighted by Crippen LogP contribution is -2.48. The fourth-order valence-electron chi connectivity index (χ4n) is 5.07. The maximum absolute atomic E-state index is 13.4. The number of carbonyl (C=O) groups is 2. The van der Waals surface area contributed by atoms with Gasteiger partial charge in [-0.1, -0.05) is 30.3 Å². The highest BCUT2D eigenvalue weighted by molar-refractivity contribution is 5.97. The van der Waals surface area contributed by atoms with Gasteiger partial charge < -0.3 is 19.3 Å². The normalized spacial score (nSPS) is 27.9. The lowest BCUT2D eigenvalue weighted by Gasteiger charge is -2.32. The largest absolute Gasteiger partial charge is 0.497 e. The van der Waals surface area contributed by atoms with Crippen molar-refractivity contribution in [3.05, 3.63) is 65.2 Å². The summed E-state index contributed by atoms with van der Waals surface area (Å²) in [6.07, 6.45) is 0.816. The topological polar surface area (TPSA) is 59.1 Å². The van der Waals surface area contributed by atoms with Gasteiger partial charge in [0.05, 0.1) is 26.1 Å². The predicted molar refractivity (Wildman–Crippen MR) is 107 cm³/mol. The van der Waals surface area contributed by atoms with E-state index in [-0.39, 0.29) is 24.0 Å². The molecular formula is C23H24N2O4. The van der Waals surface area contributed by atoms with Crippen LogP contribution in [0.2, 0.25) is 0 Å². The summed E-state index contributed by atoms with van der Waals surface area (Å²) < 4.78 is 11.8. The van der Waals surface area contributed by atoms with Crippen LogP contribution in [0.25, 0.3) is 0 Å². The van der Waals surface area contributed by atoms with E-state index in [1.54, 1.807) is 19.2 Å². The van der Waals surface area contributed by atoms with E-state index in [2.05, 4.69) is 0 Å². The summed E-state index contributed by atoms with van der Waals surface area (Å²) in [5, 5.41) is 0. The first kappa shape index (κ1) is 18.2. The molecule has 0 aliphatic carbocycles. The van der Waals surface area contributed by atoms with Gasteiger partial charge in [0, 0.05) is 18.5 Å². The minimum Gasteiger partial charge on any atom is -0.497 e. The Balaban J connectivity index is 1.44. The van der Waals surface area contributed by atoms with Gasteiger partial charge in [0.1, 0.15) is 11.9 Å². The lowest BCUT2D eigenvalue weighted by molar-refractivity contribution is -0.138. The summed E-state index contributed by atoms with van der Waals surface area (Å²) in [7, 11) is 1.61. The van der Waals surface area contributed by atoms with Crippen LogP contribution in [0.15, 0.2) is 48.5 Å².